The molecule has 0 spiro atoms. The molecule has 38 heavy (non-hydrogen) atoms. The van der Waals surface area contributed by atoms with Crippen molar-refractivity contribution in [2.45, 2.75) is 57.0 Å². The third-order valence-electron chi connectivity index (χ3n) is 9.04. The SMILES string of the molecule is Cc1c(C(=O)NC[C@]23CCC[C@H]2CN(C(=O)C2(c4cccc([N+](=O)[O-])c4)CCC2)C3)cccc1C(F)(F)F. The number of carbonyl (C=O) groups excluding carboxylic acids is 2. The van der Waals surface area contributed by atoms with Crippen LogP contribution in [0.15, 0.2) is 42.5 Å². The van der Waals surface area contributed by atoms with Gasteiger partial charge in [0.15, 0.2) is 0 Å². The number of fused-ring (bicyclic) bond motifs is 1. The second-order valence-corrected chi connectivity index (χ2v) is 11.0. The minimum absolute atomic E-state index is 0.00389. The first-order chi connectivity index (χ1) is 18.0. The number of nitrogens with one attached hydrogen (secondary N) is 1. The zero-order valence-electron chi connectivity index (χ0n) is 21.1. The van der Waals surface area contributed by atoms with E-state index in [2.05, 4.69) is 5.32 Å². The number of hydrogen-bond acceptors (Lipinski definition) is 4. The summed E-state index contributed by atoms with van der Waals surface area (Å²) in [5.41, 5.74) is -1.42. The lowest BCUT2D eigenvalue weighted by molar-refractivity contribution is -0.385. The Morgan fingerprint density at radius 3 is 2.53 bits per heavy atom. The predicted molar refractivity (Wildman–Crippen MR) is 133 cm³/mol. The summed E-state index contributed by atoms with van der Waals surface area (Å²) in [5, 5.41) is 14.2. The van der Waals surface area contributed by atoms with Gasteiger partial charge in [-0.3, -0.25) is 19.7 Å². The van der Waals surface area contributed by atoms with E-state index in [1.54, 1.807) is 12.1 Å². The van der Waals surface area contributed by atoms with Gasteiger partial charge in [-0.2, -0.15) is 13.2 Å². The molecular weight excluding hydrogens is 499 g/mol. The molecule has 3 aliphatic rings. The molecule has 1 heterocycles. The van der Waals surface area contributed by atoms with Crippen molar-refractivity contribution in [3.8, 4) is 0 Å². The molecule has 3 fully saturated rings. The summed E-state index contributed by atoms with van der Waals surface area (Å²) < 4.78 is 40.0. The van der Waals surface area contributed by atoms with E-state index in [0.29, 0.717) is 31.5 Å². The van der Waals surface area contributed by atoms with Crippen molar-refractivity contribution in [3.05, 3.63) is 74.8 Å². The molecule has 0 radical (unpaired) electrons. The topological polar surface area (TPSA) is 92.6 Å². The lowest BCUT2D eigenvalue weighted by Crippen LogP contribution is -2.51. The van der Waals surface area contributed by atoms with Crippen LogP contribution < -0.4 is 5.32 Å². The van der Waals surface area contributed by atoms with Crippen LogP contribution in [0.3, 0.4) is 0 Å². The number of nitro groups is 1. The van der Waals surface area contributed by atoms with E-state index in [-0.39, 0.29) is 40.6 Å². The van der Waals surface area contributed by atoms with Crippen LogP contribution in [0.5, 0.6) is 0 Å². The molecular formula is C28H30F3N3O4. The highest BCUT2D eigenvalue weighted by molar-refractivity contribution is 5.96. The molecule has 2 aromatic carbocycles. The molecule has 7 nitrogen and oxygen atoms in total. The summed E-state index contributed by atoms with van der Waals surface area (Å²) >= 11 is 0. The molecule has 0 aromatic heterocycles. The van der Waals surface area contributed by atoms with Crippen LogP contribution in [0.2, 0.25) is 0 Å². The van der Waals surface area contributed by atoms with E-state index in [4.69, 9.17) is 0 Å². The van der Waals surface area contributed by atoms with Gasteiger partial charge in [-0.1, -0.05) is 31.0 Å². The molecule has 0 bridgehead atoms. The minimum atomic E-state index is -4.54. The quantitative estimate of drug-likeness (QED) is 0.401. The van der Waals surface area contributed by atoms with E-state index in [9.17, 15) is 32.9 Å². The zero-order valence-corrected chi connectivity index (χ0v) is 21.1. The second kappa shape index (κ2) is 9.39. The Morgan fingerprint density at radius 1 is 1.13 bits per heavy atom. The average Bonchev–Trinajstić information content (AvgIpc) is 3.39. The third-order valence-corrected chi connectivity index (χ3v) is 9.04. The Bertz CT molecular complexity index is 1290. The van der Waals surface area contributed by atoms with Crippen LogP contribution in [0.1, 0.15) is 65.6 Å². The second-order valence-electron chi connectivity index (χ2n) is 11.0. The summed E-state index contributed by atoms with van der Waals surface area (Å²) in [6.07, 6.45) is 0.265. The fourth-order valence-corrected chi connectivity index (χ4v) is 6.77. The number of benzene rings is 2. The number of nitrogens with zero attached hydrogens (tertiary/aromatic N) is 2. The van der Waals surface area contributed by atoms with Gasteiger partial charge in [0, 0.05) is 42.7 Å². The van der Waals surface area contributed by atoms with Crippen LogP contribution in [0.25, 0.3) is 0 Å². The fraction of sp³-hybridized carbons (Fsp3) is 0.500. The minimum Gasteiger partial charge on any atom is -0.351 e. The predicted octanol–water partition coefficient (Wildman–Crippen LogP) is 5.40. The number of carbonyl (C=O) groups is 2. The van der Waals surface area contributed by atoms with Gasteiger partial charge in [0.2, 0.25) is 5.91 Å². The molecule has 202 valence electrons. The zero-order chi connectivity index (χ0) is 27.3. The number of non-ortho nitro benzene ring substituents is 1. The van der Waals surface area contributed by atoms with Crippen LogP contribution in [0.4, 0.5) is 18.9 Å². The molecule has 2 atom stereocenters. The molecule has 2 aliphatic carbocycles. The molecule has 5 rings (SSSR count). The number of halogens is 3. The Kier molecular flexibility index (Phi) is 6.47. The summed E-state index contributed by atoms with van der Waals surface area (Å²) in [7, 11) is 0. The monoisotopic (exact) mass is 529 g/mol. The molecule has 0 unspecified atom stereocenters. The van der Waals surface area contributed by atoms with E-state index in [1.807, 2.05) is 4.90 Å². The highest BCUT2D eigenvalue weighted by Gasteiger charge is 2.55. The summed E-state index contributed by atoms with van der Waals surface area (Å²) in [6.45, 7) is 2.58. The summed E-state index contributed by atoms with van der Waals surface area (Å²) in [4.78, 5) is 39.6. The number of alkyl halides is 3. The first-order valence-corrected chi connectivity index (χ1v) is 13.0. The van der Waals surface area contributed by atoms with Gasteiger partial charge < -0.3 is 10.2 Å². The van der Waals surface area contributed by atoms with E-state index < -0.39 is 28.0 Å². The number of likely N-dealkylation sites (tertiary alicyclic amines) is 1. The van der Waals surface area contributed by atoms with Crippen LogP contribution in [0, 0.1) is 28.4 Å². The Balaban J connectivity index is 1.33. The molecule has 1 saturated heterocycles. The van der Waals surface area contributed by atoms with Crippen molar-refractivity contribution >= 4 is 17.5 Å². The standard InChI is InChI=1S/C28H30F3N3O4/c1-18-22(9-3-10-23(18)28(29,30)31)24(35)32-16-26-11-4-7-20(26)15-33(17-26)25(36)27(12-5-13-27)19-6-2-8-21(14-19)34(37)38/h2-3,6,8-10,14,20H,4-5,7,11-13,15-17H2,1H3,(H,32,35)/t20-,26-/m0/s1. The fourth-order valence-electron chi connectivity index (χ4n) is 6.77. The molecule has 2 amide bonds. The smallest absolute Gasteiger partial charge is 0.351 e. The average molecular weight is 530 g/mol. The maximum atomic E-state index is 13.9. The molecule has 2 saturated carbocycles. The van der Waals surface area contributed by atoms with Crippen molar-refractivity contribution in [2.24, 2.45) is 11.3 Å². The Morgan fingerprint density at radius 2 is 1.87 bits per heavy atom. The summed E-state index contributed by atoms with van der Waals surface area (Å²) in [6, 6.07) is 9.93. The van der Waals surface area contributed by atoms with Crippen molar-refractivity contribution in [2.75, 3.05) is 19.6 Å². The number of nitro benzene ring substituents is 1. The maximum Gasteiger partial charge on any atom is 0.416 e. The number of hydrogen-bond donors (Lipinski definition) is 1. The van der Waals surface area contributed by atoms with Gasteiger partial charge >= 0.3 is 6.18 Å². The Hall–Kier alpha value is -3.43. The van der Waals surface area contributed by atoms with Gasteiger partial charge in [-0.05, 0) is 61.8 Å². The third kappa shape index (κ3) is 4.33. The molecule has 10 heteroatoms. The van der Waals surface area contributed by atoms with Gasteiger partial charge in [-0.25, -0.2) is 0 Å². The van der Waals surface area contributed by atoms with Gasteiger partial charge in [0.1, 0.15) is 0 Å². The van der Waals surface area contributed by atoms with Gasteiger partial charge in [0.05, 0.1) is 15.9 Å². The summed E-state index contributed by atoms with van der Waals surface area (Å²) in [5.74, 6) is -0.403. The van der Waals surface area contributed by atoms with Crippen LogP contribution >= 0.6 is 0 Å². The van der Waals surface area contributed by atoms with Crippen molar-refractivity contribution in [3.63, 3.8) is 0 Å². The van der Waals surface area contributed by atoms with E-state index >= 15 is 0 Å². The lowest BCUT2D eigenvalue weighted by Gasteiger charge is -2.43. The largest absolute Gasteiger partial charge is 0.416 e. The van der Waals surface area contributed by atoms with Crippen molar-refractivity contribution in [1.82, 2.24) is 10.2 Å². The van der Waals surface area contributed by atoms with E-state index in [1.165, 1.54) is 31.2 Å². The first kappa shape index (κ1) is 26.2. The maximum absolute atomic E-state index is 13.9. The molecule has 2 aromatic rings. The molecule has 1 N–H and O–H groups in total. The normalized spacial score (nSPS) is 24.0. The lowest BCUT2D eigenvalue weighted by atomic mass is 9.63. The van der Waals surface area contributed by atoms with Gasteiger partial charge in [0.25, 0.3) is 11.6 Å². The Labute approximate surface area is 218 Å². The van der Waals surface area contributed by atoms with Crippen LogP contribution in [-0.4, -0.2) is 41.3 Å². The van der Waals surface area contributed by atoms with Crippen molar-refractivity contribution in [1.29, 1.82) is 0 Å². The highest BCUT2D eigenvalue weighted by Crippen LogP contribution is 2.52. The van der Waals surface area contributed by atoms with Crippen molar-refractivity contribution < 1.29 is 27.7 Å². The highest BCUT2D eigenvalue weighted by atomic mass is 19.4. The number of amides is 2. The van der Waals surface area contributed by atoms with E-state index in [0.717, 1.165) is 31.7 Å². The van der Waals surface area contributed by atoms with Crippen LogP contribution in [-0.2, 0) is 16.4 Å². The molecule has 1 aliphatic heterocycles. The number of rotatable bonds is 6. The van der Waals surface area contributed by atoms with Gasteiger partial charge in [-0.15, -0.1) is 0 Å². The first-order valence-electron chi connectivity index (χ1n) is 13.0.